The zero-order chi connectivity index (χ0) is 16.8. The minimum absolute atomic E-state index is 0.129. The van der Waals surface area contributed by atoms with Gasteiger partial charge >= 0.3 is 5.97 Å². The fourth-order valence-electron chi connectivity index (χ4n) is 2.29. The summed E-state index contributed by atoms with van der Waals surface area (Å²) in [6, 6.07) is 13.3. The van der Waals surface area contributed by atoms with Gasteiger partial charge in [0.05, 0.1) is 0 Å². The SMILES string of the molecule is CCC(=O)N[C@@H](Cc1ccc(O)c(-c2ccccc2)c1)C(=O)O. The Morgan fingerprint density at radius 1 is 1.13 bits per heavy atom. The van der Waals surface area contributed by atoms with Gasteiger partial charge in [-0.3, -0.25) is 4.79 Å². The Hall–Kier alpha value is -2.82. The predicted octanol–water partition coefficient (Wildman–Crippen LogP) is 2.58. The highest BCUT2D eigenvalue weighted by Gasteiger charge is 2.20. The van der Waals surface area contributed by atoms with Gasteiger partial charge in [-0.15, -0.1) is 0 Å². The Balaban J connectivity index is 2.26. The average Bonchev–Trinajstić information content (AvgIpc) is 2.56. The first kappa shape index (κ1) is 16.5. The lowest BCUT2D eigenvalue weighted by molar-refractivity contribution is -0.141. The first-order chi connectivity index (χ1) is 11.0. The molecule has 1 atom stereocenters. The van der Waals surface area contributed by atoms with E-state index in [0.29, 0.717) is 5.56 Å². The summed E-state index contributed by atoms with van der Waals surface area (Å²) in [6.07, 6.45) is 0.385. The summed E-state index contributed by atoms with van der Waals surface area (Å²) in [5.74, 6) is -1.26. The number of hydrogen-bond donors (Lipinski definition) is 3. The van der Waals surface area contributed by atoms with E-state index in [4.69, 9.17) is 0 Å². The van der Waals surface area contributed by atoms with Gasteiger partial charge in [-0.2, -0.15) is 0 Å². The lowest BCUT2D eigenvalue weighted by Crippen LogP contribution is -2.42. The standard InChI is InChI=1S/C18H19NO4/c1-2-17(21)19-15(18(22)23)11-12-8-9-16(20)14(10-12)13-6-4-3-5-7-13/h3-10,15,20H,2,11H2,1H3,(H,19,21)(H,22,23)/t15-/m0/s1. The van der Waals surface area contributed by atoms with Gasteiger partial charge in [0, 0.05) is 18.4 Å². The number of aromatic hydroxyl groups is 1. The molecule has 0 unspecified atom stereocenters. The number of aliphatic carboxylic acids is 1. The molecule has 0 aliphatic heterocycles. The number of benzene rings is 2. The van der Waals surface area contributed by atoms with Crippen LogP contribution in [0.3, 0.4) is 0 Å². The third-order valence-corrected chi connectivity index (χ3v) is 3.54. The van der Waals surface area contributed by atoms with E-state index in [-0.39, 0.29) is 24.5 Å². The molecule has 0 fully saturated rings. The van der Waals surface area contributed by atoms with E-state index in [0.717, 1.165) is 11.1 Å². The molecule has 0 aliphatic rings. The summed E-state index contributed by atoms with van der Waals surface area (Å²) in [7, 11) is 0. The molecule has 1 amide bonds. The van der Waals surface area contributed by atoms with Crippen LogP contribution in [0.15, 0.2) is 48.5 Å². The molecule has 2 aromatic rings. The number of rotatable bonds is 6. The lowest BCUT2D eigenvalue weighted by atomic mass is 9.98. The Bertz CT molecular complexity index is 697. The van der Waals surface area contributed by atoms with Crippen LogP contribution in [-0.4, -0.2) is 28.1 Å². The molecule has 0 aromatic heterocycles. The Morgan fingerprint density at radius 2 is 1.83 bits per heavy atom. The van der Waals surface area contributed by atoms with E-state index in [2.05, 4.69) is 5.32 Å². The quantitative estimate of drug-likeness (QED) is 0.765. The molecule has 2 rings (SSSR count). The second kappa shape index (κ2) is 7.45. The van der Waals surface area contributed by atoms with E-state index in [1.807, 2.05) is 30.3 Å². The molecule has 0 saturated heterocycles. The third-order valence-electron chi connectivity index (χ3n) is 3.54. The number of carbonyl (C=O) groups excluding carboxylic acids is 1. The zero-order valence-corrected chi connectivity index (χ0v) is 12.8. The molecule has 0 radical (unpaired) electrons. The van der Waals surface area contributed by atoms with Crippen LogP contribution in [-0.2, 0) is 16.0 Å². The van der Waals surface area contributed by atoms with Crippen molar-refractivity contribution < 1.29 is 19.8 Å². The third kappa shape index (κ3) is 4.32. The van der Waals surface area contributed by atoms with Gasteiger partial charge in [0.25, 0.3) is 0 Å². The van der Waals surface area contributed by atoms with Crippen molar-refractivity contribution in [2.24, 2.45) is 0 Å². The molecule has 2 aromatic carbocycles. The van der Waals surface area contributed by atoms with Crippen molar-refractivity contribution in [2.75, 3.05) is 0 Å². The van der Waals surface area contributed by atoms with Crippen LogP contribution >= 0.6 is 0 Å². The van der Waals surface area contributed by atoms with Gasteiger partial charge < -0.3 is 15.5 Å². The number of carboxylic acid groups (broad SMARTS) is 1. The van der Waals surface area contributed by atoms with Gasteiger partial charge in [0.15, 0.2) is 0 Å². The predicted molar refractivity (Wildman–Crippen MR) is 87.1 cm³/mol. The van der Waals surface area contributed by atoms with Crippen LogP contribution in [0.5, 0.6) is 5.75 Å². The van der Waals surface area contributed by atoms with E-state index >= 15 is 0 Å². The van der Waals surface area contributed by atoms with Crippen LogP contribution in [0.1, 0.15) is 18.9 Å². The molecule has 3 N–H and O–H groups in total. The van der Waals surface area contributed by atoms with E-state index < -0.39 is 12.0 Å². The van der Waals surface area contributed by atoms with Crippen molar-refractivity contribution in [3.63, 3.8) is 0 Å². The van der Waals surface area contributed by atoms with Gasteiger partial charge in [-0.25, -0.2) is 4.79 Å². The van der Waals surface area contributed by atoms with Gasteiger partial charge in [0.2, 0.25) is 5.91 Å². The van der Waals surface area contributed by atoms with E-state index in [1.54, 1.807) is 19.1 Å². The molecule has 5 nitrogen and oxygen atoms in total. The van der Waals surface area contributed by atoms with Crippen LogP contribution in [0.4, 0.5) is 0 Å². The van der Waals surface area contributed by atoms with Crippen molar-refractivity contribution in [1.29, 1.82) is 0 Å². The summed E-state index contributed by atoms with van der Waals surface area (Å²) < 4.78 is 0. The van der Waals surface area contributed by atoms with Crippen molar-refractivity contribution in [3.05, 3.63) is 54.1 Å². The van der Waals surface area contributed by atoms with Crippen molar-refractivity contribution in [1.82, 2.24) is 5.32 Å². The number of hydrogen-bond acceptors (Lipinski definition) is 3. The Morgan fingerprint density at radius 3 is 2.43 bits per heavy atom. The van der Waals surface area contributed by atoms with Crippen molar-refractivity contribution >= 4 is 11.9 Å². The smallest absolute Gasteiger partial charge is 0.326 e. The second-order valence-electron chi connectivity index (χ2n) is 5.23. The molecule has 23 heavy (non-hydrogen) atoms. The fraction of sp³-hybridized carbons (Fsp3) is 0.222. The largest absolute Gasteiger partial charge is 0.507 e. The van der Waals surface area contributed by atoms with Crippen LogP contribution < -0.4 is 5.32 Å². The minimum atomic E-state index is -1.08. The van der Waals surface area contributed by atoms with Gasteiger partial charge in [-0.05, 0) is 23.3 Å². The number of carboxylic acids is 1. The summed E-state index contributed by atoms with van der Waals surface area (Å²) in [5, 5.41) is 21.8. The molecular formula is C18H19NO4. The average molecular weight is 313 g/mol. The number of phenolic OH excluding ortho intramolecular Hbond substituents is 1. The molecule has 0 bridgehead atoms. The van der Waals surface area contributed by atoms with Gasteiger partial charge in [-0.1, -0.05) is 43.3 Å². The normalized spacial score (nSPS) is 11.7. The van der Waals surface area contributed by atoms with Gasteiger partial charge in [0.1, 0.15) is 11.8 Å². The summed E-state index contributed by atoms with van der Waals surface area (Å²) in [5.41, 5.74) is 2.20. The number of carbonyl (C=O) groups is 2. The molecule has 0 heterocycles. The second-order valence-corrected chi connectivity index (χ2v) is 5.23. The van der Waals surface area contributed by atoms with E-state index in [1.165, 1.54) is 6.07 Å². The highest BCUT2D eigenvalue weighted by atomic mass is 16.4. The Kier molecular flexibility index (Phi) is 5.36. The van der Waals surface area contributed by atoms with Crippen molar-refractivity contribution in [3.8, 4) is 16.9 Å². The maximum Gasteiger partial charge on any atom is 0.326 e. The lowest BCUT2D eigenvalue weighted by Gasteiger charge is -2.15. The zero-order valence-electron chi connectivity index (χ0n) is 12.8. The molecule has 5 heteroatoms. The highest BCUT2D eigenvalue weighted by Crippen LogP contribution is 2.30. The minimum Gasteiger partial charge on any atom is -0.507 e. The molecule has 120 valence electrons. The first-order valence-electron chi connectivity index (χ1n) is 7.40. The monoisotopic (exact) mass is 313 g/mol. The molecular weight excluding hydrogens is 294 g/mol. The Labute approximate surface area is 134 Å². The first-order valence-corrected chi connectivity index (χ1v) is 7.40. The summed E-state index contributed by atoms with van der Waals surface area (Å²) in [4.78, 5) is 22.8. The molecule has 0 aliphatic carbocycles. The van der Waals surface area contributed by atoms with Crippen LogP contribution in [0, 0.1) is 0 Å². The maximum atomic E-state index is 11.4. The summed E-state index contributed by atoms with van der Waals surface area (Å²) >= 11 is 0. The number of nitrogens with one attached hydrogen (secondary N) is 1. The fourth-order valence-corrected chi connectivity index (χ4v) is 2.29. The topological polar surface area (TPSA) is 86.6 Å². The number of phenols is 1. The molecule has 0 spiro atoms. The number of amides is 1. The van der Waals surface area contributed by atoms with Crippen LogP contribution in [0.2, 0.25) is 0 Å². The van der Waals surface area contributed by atoms with Crippen LogP contribution in [0.25, 0.3) is 11.1 Å². The van der Waals surface area contributed by atoms with Crippen molar-refractivity contribution in [2.45, 2.75) is 25.8 Å². The highest BCUT2D eigenvalue weighted by molar-refractivity contribution is 5.83. The molecule has 0 saturated carbocycles. The summed E-state index contributed by atoms with van der Waals surface area (Å²) in [6.45, 7) is 1.67. The maximum absolute atomic E-state index is 11.4. The van der Waals surface area contributed by atoms with E-state index in [9.17, 15) is 19.8 Å².